The van der Waals surface area contributed by atoms with E-state index in [0.29, 0.717) is 16.3 Å². The molecule has 0 saturated heterocycles. The van der Waals surface area contributed by atoms with E-state index in [1.165, 1.54) is 16.7 Å². The molecule has 0 heterocycles. The maximum atomic E-state index is 14.8. The summed E-state index contributed by atoms with van der Waals surface area (Å²) in [5.74, 6) is 0.200. The lowest BCUT2D eigenvalue weighted by atomic mass is 9.80. The van der Waals surface area contributed by atoms with Crippen molar-refractivity contribution in [3.8, 4) is 11.1 Å². The number of rotatable bonds is 18. The molecule has 304 valence electrons. The molecule has 1 N–H and O–H groups in total. The Morgan fingerprint density at radius 2 is 1.22 bits per heavy atom. The van der Waals surface area contributed by atoms with Crippen LogP contribution in [0.2, 0.25) is 5.02 Å². The lowest BCUT2D eigenvalue weighted by Crippen LogP contribution is -2.48. The second-order valence-electron chi connectivity index (χ2n) is 15.3. The Morgan fingerprint density at radius 3 is 1.81 bits per heavy atom. The number of fused-ring (bicyclic) bond motifs is 3. The summed E-state index contributed by atoms with van der Waals surface area (Å²) in [5, 5.41) is 3.36. The molecule has 1 amide bonds. The van der Waals surface area contributed by atoms with E-state index < -0.39 is 23.7 Å². The maximum absolute atomic E-state index is 14.8. The van der Waals surface area contributed by atoms with Crippen LogP contribution in [0.1, 0.15) is 87.1 Å². The van der Waals surface area contributed by atoms with E-state index >= 15 is 0 Å². The first-order valence-electron chi connectivity index (χ1n) is 20.4. The van der Waals surface area contributed by atoms with Crippen LogP contribution in [0.4, 0.5) is 4.79 Å². The summed E-state index contributed by atoms with van der Waals surface area (Å²) in [6.45, 7) is 8.74. The summed E-state index contributed by atoms with van der Waals surface area (Å²) >= 11 is 8.51. The molecule has 1 aliphatic rings. The van der Waals surface area contributed by atoms with Gasteiger partial charge in [-0.05, 0) is 81.7 Å². The zero-order chi connectivity index (χ0) is 41.6. The van der Waals surface area contributed by atoms with E-state index in [4.69, 9.17) is 21.1 Å². The second-order valence-corrected chi connectivity index (χ2v) is 16.8. The molecular weight excluding hydrogens is 770 g/mol. The molecule has 5 aromatic carbocycles. The van der Waals surface area contributed by atoms with Gasteiger partial charge in [-0.2, -0.15) is 11.8 Å². The fraction of sp³-hybridized carbons (Fsp3) is 0.269. The molecular formula is C52H54ClNO4S. The fourth-order valence-electron chi connectivity index (χ4n) is 7.64. The third kappa shape index (κ3) is 11.1. The monoisotopic (exact) mass is 823 g/mol. The third-order valence-corrected chi connectivity index (χ3v) is 12.0. The number of ether oxygens (including phenoxy) is 2. The Bertz CT molecular complexity index is 2190. The lowest BCUT2D eigenvalue weighted by Gasteiger charge is -2.37. The van der Waals surface area contributed by atoms with Gasteiger partial charge in [0.1, 0.15) is 12.6 Å². The van der Waals surface area contributed by atoms with Crippen LogP contribution in [0.5, 0.6) is 0 Å². The number of amides is 1. The molecule has 6 rings (SSSR count). The molecule has 0 saturated carbocycles. The number of hydrogen-bond donors (Lipinski definition) is 1. The van der Waals surface area contributed by atoms with Crippen molar-refractivity contribution in [2.75, 3.05) is 18.1 Å². The quantitative estimate of drug-likeness (QED) is 0.0413. The van der Waals surface area contributed by atoms with Crippen molar-refractivity contribution in [2.45, 2.75) is 70.9 Å². The number of halogens is 1. The molecule has 0 aliphatic heterocycles. The van der Waals surface area contributed by atoms with Gasteiger partial charge in [-0.3, -0.25) is 0 Å². The summed E-state index contributed by atoms with van der Waals surface area (Å²) in [4.78, 5) is 28.6. The topological polar surface area (TPSA) is 64.6 Å². The highest BCUT2D eigenvalue weighted by molar-refractivity contribution is 7.99. The van der Waals surface area contributed by atoms with Gasteiger partial charge in [0.25, 0.3) is 0 Å². The highest BCUT2D eigenvalue weighted by atomic mass is 35.5. The summed E-state index contributed by atoms with van der Waals surface area (Å²) in [7, 11) is 0. The van der Waals surface area contributed by atoms with E-state index in [1.54, 1.807) is 17.8 Å². The Balaban J connectivity index is 1.23. The van der Waals surface area contributed by atoms with Crippen molar-refractivity contribution in [3.05, 3.63) is 201 Å². The van der Waals surface area contributed by atoms with Gasteiger partial charge in [0.15, 0.2) is 5.60 Å². The van der Waals surface area contributed by atoms with Crippen molar-refractivity contribution >= 4 is 35.4 Å². The molecule has 59 heavy (non-hydrogen) atoms. The number of hydrogen-bond acceptors (Lipinski definition) is 5. The van der Waals surface area contributed by atoms with Crippen molar-refractivity contribution in [3.63, 3.8) is 0 Å². The average molecular weight is 825 g/mol. The van der Waals surface area contributed by atoms with E-state index in [-0.39, 0.29) is 18.3 Å². The smallest absolute Gasteiger partial charge is 0.407 e. The van der Waals surface area contributed by atoms with Crippen LogP contribution in [-0.2, 0) is 19.9 Å². The zero-order valence-corrected chi connectivity index (χ0v) is 36.0. The average Bonchev–Trinajstić information content (AvgIpc) is 3.57. The van der Waals surface area contributed by atoms with Gasteiger partial charge in [0.05, 0.1) is 0 Å². The van der Waals surface area contributed by atoms with Crippen LogP contribution >= 0.6 is 23.4 Å². The van der Waals surface area contributed by atoms with Crippen molar-refractivity contribution in [2.24, 2.45) is 0 Å². The van der Waals surface area contributed by atoms with Crippen LogP contribution < -0.4 is 5.32 Å². The van der Waals surface area contributed by atoms with Gasteiger partial charge in [0.2, 0.25) is 0 Å². The number of allylic oxidation sites excluding steroid dienone is 5. The standard InChI is InChI=1S/C52H54ClNO4S/c1-37(2)19-17-20-38(3)21-18-22-39(4)33-34-59-36-49(54-51(56)57-35-46-44-29-13-11-27-42(44)43-28-12-14-30-45(43)46)50(55)58-52(40-23-7-5-8-24-40,41-25-9-6-10-26-41)47-31-15-16-32-48(47)53/h5-16,19,21,23-33,46,49H,17-18,20,22,34-36H2,1-4H3,(H,54,56)/b38-21+,39-33+/t49-/m0/s1. The van der Waals surface area contributed by atoms with Gasteiger partial charge in [-0.15, -0.1) is 0 Å². The van der Waals surface area contributed by atoms with Gasteiger partial charge in [-0.25, -0.2) is 9.59 Å². The largest absolute Gasteiger partial charge is 0.449 e. The maximum Gasteiger partial charge on any atom is 0.407 e. The highest BCUT2D eigenvalue weighted by Gasteiger charge is 2.43. The molecule has 1 atom stereocenters. The molecule has 0 unspecified atom stereocenters. The number of thioether (sulfide) groups is 1. The first-order chi connectivity index (χ1) is 28.7. The van der Waals surface area contributed by atoms with Crippen LogP contribution in [0, 0.1) is 0 Å². The number of esters is 1. The highest BCUT2D eigenvalue weighted by Crippen LogP contribution is 2.45. The van der Waals surface area contributed by atoms with Crippen molar-refractivity contribution in [1.82, 2.24) is 5.32 Å². The first kappa shape index (κ1) is 43.3. The molecule has 0 spiro atoms. The summed E-state index contributed by atoms with van der Waals surface area (Å²) in [5.41, 5.74) is 9.18. The first-order valence-corrected chi connectivity index (χ1v) is 21.9. The molecule has 5 aromatic rings. The normalized spacial score (nSPS) is 13.2. The van der Waals surface area contributed by atoms with E-state index in [2.05, 4.69) is 75.5 Å². The SMILES string of the molecule is CC(C)=CCC/C(C)=C/CC/C(C)=C/CSC[C@H](NC(=O)OCC1c2ccccc2-c2ccccc21)C(=O)OC(c1ccccc1)(c1ccccc1)c1ccccc1Cl. The third-order valence-electron chi connectivity index (χ3n) is 10.7. The second kappa shape index (κ2) is 21.1. The van der Waals surface area contributed by atoms with E-state index in [9.17, 15) is 9.59 Å². The predicted molar refractivity (Wildman–Crippen MR) is 245 cm³/mol. The Morgan fingerprint density at radius 1 is 0.695 bits per heavy atom. The van der Waals surface area contributed by atoms with Crippen LogP contribution in [0.3, 0.4) is 0 Å². The lowest BCUT2D eigenvalue weighted by molar-refractivity contribution is -0.155. The molecule has 0 aromatic heterocycles. The minimum absolute atomic E-state index is 0.122. The number of benzene rings is 5. The van der Waals surface area contributed by atoms with E-state index in [0.717, 1.165) is 59.1 Å². The Hall–Kier alpha value is -5.30. The zero-order valence-electron chi connectivity index (χ0n) is 34.5. The molecule has 5 nitrogen and oxygen atoms in total. The number of nitrogens with one attached hydrogen (secondary N) is 1. The summed E-state index contributed by atoms with van der Waals surface area (Å²) < 4.78 is 12.7. The van der Waals surface area contributed by atoms with Crippen molar-refractivity contribution in [1.29, 1.82) is 0 Å². The van der Waals surface area contributed by atoms with Gasteiger partial charge >= 0.3 is 12.1 Å². The van der Waals surface area contributed by atoms with Gasteiger partial charge < -0.3 is 14.8 Å². The van der Waals surface area contributed by atoms with Gasteiger partial charge in [0, 0.05) is 39.1 Å². The van der Waals surface area contributed by atoms with Crippen LogP contribution in [-0.4, -0.2) is 36.2 Å². The number of alkyl carbamates (subject to hydrolysis) is 1. The van der Waals surface area contributed by atoms with Gasteiger partial charge in [-0.1, -0.05) is 174 Å². The molecule has 0 bridgehead atoms. The number of carbonyl (C=O) groups excluding carboxylic acids is 2. The fourth-order valence-corrected chi connectivity index (χ4v) is 8.90. The predicted octanol–water partition coefficient (Wildman–Crippen LogP) is 13.2. The molecule has 1 aliphatic carbocycles. The summed E-state index contributed by atoms with van der Waals surface area (Å²) in [6, 6.07) is 42.0. The van der Waals surface area contributed by atoms with Crippen LogP contribution in [0.25, 0.3) is 11.1 Å². The molecule has 0 fully saturated rings. The van der Waals surface area contributed by atoms with Crippen LogP contribution in [0.15, 0.2) is 168 Å². The molecule has 0 radical (unpaired) electrons. The molecule has 7 heteroatoms. The van der Waals surface area contributed by atoms with Crippen molar-refractivity contribution < 1.29 is 19.1 Å². The Kier molecular flexibility index (Phi) is 15.5. The number of carbonyl (C=O) groups is 2. The minimum atomic E-state index is -1.42. The Labute approximate surface area is 359 Å². The minimum Gasteiger partial charge on any atom is -0.449 e. The summed E-state index contributed by atoms with van der Waals surface area (Å²) in [6.07, 6.45) is 10.2. The van der Waals surface area contributed by atoms with E-state index in [1.807, 2.05) is 103 Å².